The molecule has 0 fully saturated rings. The fourth-order valence-corrected chi connectivity index (χ4v) is 1.99. The van der Waals surface area contributed by atoms with E-state index >= 15 is 0 Å². The van der Waals surface area contributed by atoms with Crippen LogP contribution in [0.15, 0.2) is 22.7 Å². The molecule has 0 aliphatic rings. The maximum absolute atomic E-state index is 13.8. The molecule has 1 N–H and O–H groups in total. The Balaban J connectivity index is 2.77. The zero-order chi connectivity index (χ0) is 15.5. The van der Waals surface area contributed by atoms with E-state index in [4.69, 9.17) is 0 Å². The molecule has 2 amide bonds. The first kappa shape index (κ1) is 16.6. The Morgan fingerprint density at radius 2 is 1.95 bits per heavy atom. The highest BCUT2D eigenvalue weighted by atomic mass is 79.9. The summed E-state index contributed by atoms with van der Waals surface area (Å²) in [5.74, 6) is -1.45. The lowest BCUT2D eigenvalue weighted by Gasteiger charge is -2.23. The molecular formula is C14H18BrFN2O2. The van der Waals surface area contributed by atoms with Crippen LogP contribution in [0.4, 0.5) is 4.39 Å². The maximum atomic E-state index is 13.8. The molecule has 0 bridgehead atoms. The summed E-state index contributed by atoms with van der Waals surface area (Å²) in [7, 11) is 1.46. The number of amides is 2. The van der Waals surface area contributed by atoms with E-state index in [0.717, 1.165) is 0 Å². The van der Waals surface area contributed by atoms with Gasteiger partial charge in [-0.15, -0.1) is 0 Å². The summed E-state index contributed by atoms with van der Waals surface area (Å²) in [6.07, 6.45) is 0. The number of carbonyl (C=O) groups is 2. The zero-order valence-corrected chi connectivity index (χ0v) is 13.5. The Bertz CT molecular complexity index is 526. The number of halogens is 2. The minimum Gasteiger partial charge on any atom is -0.350 e. The topological polar surface area (TPSA) is 49.4 Å². The van der Waals surface area contributed by atoms with E-state index in [1.54, 1.807) is 6.07 Å². The van der Waals surface area contributed by atoms with Crippen molar-refractivity contribution in [2.75, 3.05) is 13.6 Å². The van der Waals surface area contributed by atoms with Crippen molar-refractivity contribution in [3.8, 4) is 0 Å². The zero-order valence-electron chi connectivity index (χ0n) is 12.0. The molecule has 4 nitrogen and oxygen atoms in total. The van der Waals surface area contributed by atoms with Crippen LogP contribution in [-0.2, 0) is 4.79 Å². The summed E-state index contributed by atoms with van der Waals surface area (Å²) in [5.41, 5.74) is -0.437. The molecule has 6 heteroatoms. The standard InChI is InChI=1S/C14H18BrFN2O2/c1-14(2,3)17-11(19)8-18(4)13(20)9-6-5-7-10(15)12(9)16/h5-7H,8H2,1-4H3,(H,17,19). The van der Waals surface area contributed by atoms with Gasteiger partial charge in [-0.25, -0.2) is 4.39 Å². The van der Waals surface area contributed by atoms with E-state index in [9.17, 15) is 14.0 Å². The van der Waals surface area contributed by atoms with Gasteiger partial charge in [-0.05, 0) is 48.8 Å². The average Bonchev–Trinajstić information content (AvgIpc) is 2.29. The fourth-order valence-electron chi connectivity index (χ4n) is 1.62. The van der Waals surface area contributed by atoms with Crippen LogP contribution in [0.1, 0.15) is 31.1 Å². The van der Waals surface area contributed by atoms with Crippen LogP contribution in [0.2, 0.25) is 0 Å². The number of rotatable bonds is 3. The van der Waals surface area contributed by atoms with Gasteiger partial charge in [0.05, 0.1) is 16.6 Å². The minimum atomic E-state index is -0.624. The molecule has 0 radical (unpaired) electrons. The molecule has 0 heterocycles. The van der Waals surface area contributed by atoms with Crippen molar-refractivity contribution in [3.05, 3.63) is 34.1 Å². The molecule has 1 aromatic rings. The Hall–Kier alpha value is -1.43. The highest BCUT2D eigenvalue weighted by molar-refractivity contribution is 9.10. The van der Waals surface area contributed by atoms with E-state index in [0.29, 0.717) is 0 Å². The summed E-state index contributed by atoms with van der Waals surface area (Å²) < 4.78 is 14.0. The quantitative estimate of drug-likeness (QED) is 0.916. The number of likely N-dealkylation sites (N-methyl/N-ethyl adjacent to an activating group) is 1. The van der Waals surface area contributed by atoms with Crippen LogP contribution in [0.25, 0.3) is 0 Å². The Morgan fingerprint density at radius 1 is 1.35 bits per heavy atom. The predicted molar refractivity (Wildman–Crippen MR) is 79.0 cm³/mol. The Morgan fingerprint density at radius 3 is 2.50 bits per heavy atom. The van der Waals surface area contributed by atoms with Crippen molar-refractivity contribution in [1.29, 1.82) is 0 Å². The second-order valence-corrected chi connectivity index (χ2v) is 6.42. The Kier molecular flexibility index (Phi) is 5.28. The first-order chi connectivity index (χ1) is 9.11. The molecule has 0 saturated heterocycles. The molecule has 1 aromatic carbocycles. The lowest BCUT2D eigenvalue weighted by Crippen LogP contribution is -2.46. The number of benzene rings is 1. The van der Waals surface area contributed by atoms with Crippen molar-refractivity contribution >= 4 is 27.7 Å². The first-order valence-electron chi connectivity index (χ1n) is 6.12. The maximum Gasteiger partial charge on any atom is 0.257 e. The van der Waals surface area contributed by atoms with Crippen LogP contribution in [0.5, 0.6) is 0 Å². The van der Waals surface area contributed by atoms with Gasteiger partial charge in [-0.3, -0.25) is 9.59 Å². The van der Waals surface area contributed by atoms with E-state index in [2.05, 4.69) is 21.2 Å². The third-order valence-electron chi connectivity index (χ3n) is 2.42. The largest absolute Gasteiger partial charge is 0.350 e. The van der Waals surface area contributed by atoms with Gasteiger partial charge in [0.25, 0.3) is 5.91 Å². The van der Waals surface area contributed by atoms with E-state index < -0.39 is 11.7 Å². The van der Waals surface area contributed by atoms with Gasteiger partial charge in [-0.1, -0.05) is 6.07 Å². The van der Waals surface area contributed by atoms with Gasteiger partial charge in [0.2, 0.25) is 5.91 Å². The normalized spacial score (nSPS) is 11.1. The van der Waals surface area contributed by atoms with Gasteiger partial charge in [0.1, 0.15) is 5.82 Å². The molecule has 0 unspecified atom stereocenters. The second kappa shape index (κ2) is 6.35. The highest BCUT2D eigenvalue weighted by Crippen LogP contribution is 2.19. The molecule has 0 spiro atoms. The molecule has 20 heavy (non-hydrogen) atoms. The number of carbonyl (C=O) groups excluding carboxylic acids is 2. The van der Waals surface area contributed by atoms with Crippen molar-refractivity contribution in [2.45, 2.75) is 26.3 Å². The van der Waals surface area contributed by atoms with Crippen molar-refractivity contribution < 1.29 is 14.0 Å². The summed E-state index contributed by atoms with van der Waals surface area (Å²) in [6.45, 7) is 5.42. The average molecular weight is 345 g/mol. The monoisotopic (exact) mass is 344 g/mol. The van der Waals surface area contributed by atoms with Crippen LogP contribution in [0.3, 0.4) is 0 Å². The number of nitrogens with one attached hydrogen (secondary N) is 1. The fraction of sp³-hybridized carbons (Fsp3) is 0.429. The van der Waals surface area contributed by atoms with Crippen LogP contribution >= 0.6 is 15.9 Å². The van der Waals surface area contributed by atoms with Gasteiger partial charge in [0.15, 0.2) is 0 Å². The van der Waals surface area contributed by atoms with Gasteiger partial charge >= 0.3 is 0 Å². The molecule has 1 rings (SSSR count). The molecule has 0 aliphatic heterocycles. The summed E-state index contributed by atoms with van der Waals surface area (Å²) in [5, 5.41) is 2.75. The number of hydrogen-bond acceptors (Lipinski definition) is 2. The predicted octanol–water partition coefficient (Wildman–Crippen LogP) is 2.57. The molecule has 0 saturated carbocycles. The molecule has 0 aromatic heterocycles. The molecule has 110 valence electrons. The SMILES string of the molecule is CN(CC(=O)NC(C)(C)C)C(=O)c1cccc(Br)c1F. The Labute approximate surface area is 126 Å². The first-order valence-corrected chi connectivity index (χ1v) is 6.91. The highest BCUT2D eigenvalue weighted by Gasteiger charge is 2.21. The van der Waals surface area contributed by atoms with Crippen LogP contribution < -0.4 is 5.32 Å². The molecular weight excluding hydrogens is 327 g/mol. The second-order valence-electron chi connectivity index (χ2n) is 5.56. The van der Waals surface area contributed by atoms with E-state index in [-0.39, 0.29) is 28.0 Å². The number of nitrogens with zero attached hydrogens (tertiary/aromatic N) is 1. The lowest BCUT2D eigenvalue weighted by atomic mass is 10.1. The molecule has 0 aliphatic carbocycles. The summed E-state index contributed by atoms with van der Waals surface area (Å²) in [6, 6.07) is 4.47. The van der Waals surface area contributed by atoms with Gasteiger partial charge in [-0.2, -0.15) is 0 Å². The molecule has 0 atom stereocenters. The smallest absolute Gasteiger partial charge is 0.257 e. The number of hydrogen-bond donors (Lipinski definition) is 1. The lowest BCUT2D eigenvalue weighted by molar-refractivity contribution is -0.122. The third-order valence-corrected chi connectivity index (χ3v) is 3.04. The van der Waals surface area contributed by atoms with Gasteiger partial charge in [0, 0.05) is 12.6 Å². The van der Waals surface area contributed by atoms with Crippen molar-refractivity contribution in [3.63, 3.8) is 0 Å². The third kappa shape index (κ3) is 4.59. The van der Waals surface area contributed by atoms with Crippen molar-refractivity contribution in [2.24, 2.45) is 0 Å². The summed E-state index contributed by atoms with van der Waals surface area (Å²) in [4.78, 5) is 25.0. The van der Waals surface area contributed by atoms with Crippen LogP contribution in [0, 0.1) is 5.82 Å². The van der Waals surface area contributed by atoms with Crippen LogP contribution in [-0.4, -0.2) is 35.8 Å². The van der Waals surface area contributed by atoms with E-state index in [1.807, 2.05) is 20.8 Å². The van der Waals surface area contributed by atoms with Gasteiger partial charge < -0.3 is 10.2 Å². The van der Waals surface area contributed by atoms with E-state index in [1.165, 1.54) is 24.1 Å². The minimum absolute atomic E-state index is 0.0644. The van der Waals surface area contributed by atoms with Crippen molar-refractivity contribution in [1.82, 2.24) is 10.2 Å². The summed E-state index contributed by atoms with van der Waals surface area (Å²) >= 11 is 3.03.